The third-order valence-corrected chi connectivity index (χ3v) is 6.33. The number of amides is 1. The van der Waals surface area contributed by atoms with Gasteiger partial charge in [0.1, 0.15) is 0 Å². The van der Waals surface area contributed by atoms with Crippen LogP contribution < -0.4 is 5.73 Å². The predicted octanol–water partition coefficient (Wildman–Crippen LogP) is 3.74. The molecule has 3 nitrogen and oxygen atoms in total. The zero-order valence-electron chi connectivity index (χ0n) is 14.0. The molecule has 2 saturated carbocycles. The van der Waals surface area contributed by atoms with Gasteiger partial charge in [0.25, 0.3) is 0 Å². The van der Waals surface area contributed by atoms with E-state index in [0.29, 0.717) is 11.8 Å². The summed E-state index contributed by atoms with van der Waals surface area (Å²) >= 11 is 0. The van der Waals surface area contributed by atoms with Crippen LogP contribution in [0.25, 0.3) is 0 Å². The zero-order valence-corrected chi connectivity index (χ0v) is 14.8. The Morgan fingerprint density at radius 1 is 1.00 bits per heavy atom. The molecular weight excluding hydrogens is 296 g/mol. The quantitative estimate of drug-likeness (QED) is 0.839. The van der Waals surface area contributed by atoms with E-state index in [0.717, 1.165) is 44.1 Å². The first kappa shape index (κ1) is 18.1. The number of halogens is 1. The minimum absolute atomic E-state index is 0. The molecule has 1 saturated heterocycles. The number of fused-ring (bicyclic) bond motifs is 1. The topological polar surface area (TPSA) is 46.3 Å². The van der Waals surface area contributed by atoms with Crippen molar-refractivity contribution in [3.05, 3.63) is 0 Å². The van der Waals surface area contributed by atoms with E-state index in [1.807, 2.05) is 0 Å². The molecule has 128 valence electrons. The minimum atomic E-state index is 0. The highest BCUT2D eigenvalue weighted by molar-refractivity contribution is 5.85. The lowest BCUT2D eigenvalue weighted by Crippen LogP contribution is -2.54. The van der Waals surface area contributed by atoms with Crippen molar-refractivity contribution in [2.75, 3.05) is 6.54 Å². The van der Waals surface area contributed by atoms with Crippen molar-refractivity contribution in [1.82, 2.24) is 4.90 Å². The Morgan fingerprint density at radius 2 is 1.68 bits per heavy atom. The van der Waals surface area contributed by atoms with E-state index in [9.17, 15) is 4.79 Å². The summed E-state index contributed by atoms with van der Waals surface area (Å²) in [5.74, 6) is 2.48. The summed E-state index contributed by atoms with van der Waals surface area (Å²) in [7, 11) is 0. The van der Waals surface area contributed by atoms with Crippen LogP contribution in [0, 0.1) is 17.8 Å². The molecule has 0 radical (unpaired) electrons. The van der Waals surface area contributed by atoms with Crippen LogP contribution in [0.2, 0.25) is 0 Å². The monoisotopic (exact) mass is 328 g/mol. The second kappa shape index (κ2) is 8.01. The van der Waals surface area contributed by atoms with E-state index in [4.69, 9.17) is 5.73 Å². The Labute approximate surface area is 141 Å². The van der Waals surface area contributed by atoms with Gasteiger partial charge in [-0.2, -0.15) is 0 Å². The molecule has 2 aliphatic carbocycles. The van der Waals surface area contributed by atoms with Crippen LogP contribution in [-0.2, 0) is 4.79 Å². The standard InChI is InChI=1S/C18H32N2O.ClH/c1-13(19)17-8-4-5-11-20(17)18(21)16-10-9-14-6-2-3-7-15(14)12-16;/h13-17H,2-12,19H2,1H3;1H. The summed E-state index contributed by atoms with van der Waals surface area (Å²) < 4.78 is 0. The van der Waals surface area contributed by atoms with E-state index in [2.05, 4.69) is 11.8 Å². The molecule has 1 amide bonds. The number of carbonyl (C=O) groups excluding carboxylic acids is 1. The maximum absolute atomic E-state index is 13.0. The first-order chi connectivity index (χ1) is 10.2. The average molecular weight is 329 g/mol. The summed E-state index contributed by atoms with van der Waals surface area (Å²) in [6.45, 7) is 3.00. The summed E-state index contributed by atoms with van der Waals surface area (Å²) in [6.07, 6.45) is 12.6. The Balaban J connectivity index is 0.00000176. The second-order valence-electron chi connectivity index (χ2n) is 7.77. The summed E-state index contributed by atoms with van der Waals surface area (Å²) in [5.41, 5.74) is 6.14. The summed E-state index contributed by atoms with van der Waals surface area (Å²) in [5, 5.41) is 0. The smallest absolute Gasteiger partial charge is 0.225 e. The number of carbonyl (C=O) groups is 1. The van der Waals surface area contributed by atoms with Crippen molar-refractivity contribution in [3.8, 4) is 0 Å². The van der Waals surface area contributed by atoms with E-state index >= 15 is 0 Å². The van der Waals surface area contributed by atoms with Crippen LogP contribution in [0.3, 0.4) is 0 Å². The molecule has 1 aliphatic heterocycles. The third-order valence-electron chi connectivity index (χ3n) is 6.33. The Kier molecular flexibility index (Phi) is 6.58. The lowest BCUT2D eigenvalue weighted by atomic mass is 9.67. The Hall–Kier alpha value is -0.280. The molecule has 5 atom stereocenters. The molecule has 4 heteroatoms. The lowest BCUT2D eigenvalue weighted by Gasteiger charge is -2.43. The van der Waals surface area contributed by atoms with Gasteiger partial charge in [-0.1, -0.05) is 25.7 Å². The lowest BCUT2D eigenvalue weighted by molar-refractivity contribution is -0.142. The molecule has 3 fully saturated rings. The SMILES string of the molecule is CC(N)C1CCCCN1C(=O)C1CCC2CCCCC2C1.Cl. The van der Waals surface area contributed by atoms with Gasteiger partial charge in [-0.25, -0.2) is 0 Å². The van der Waals surface area contributed by atoms with Crippen molar-refractivity contribution in [1.29, 1.82) is 0 Å². The van der Waals surface area contributed by atoms with Gasteiger partial charge in [-0.3, -0.25) is 4.79 Å². The third kappa shape index (κ3) is 3.79. The highest BCUT2D eigenvalue weighted by Crippen LogP contribution is 2.43. The van der Waals surface area contributed by atoms with Gasteiger partial charge in [-0.15, -0.1) is 12.4 Å². The van der Waals surface area contributed by atoms with E-state index < -0.39 is 0 Å². The molecule has 5 unspecified atom stereocenters. The van der Waals surface area contributed by atoms with Gasteiger partial charge < -0.3 is 10.6 Å². The Bertz CT molecular complexity index is 374. The normalized spacial score (nSPS) is 36.9. The minimum Gasteiger partial charge on any atom is -0.338 e. The molecular formula is C18H33ClN2O. The molecule has 0 aromatic carbocycles. The largest absolute Gasteiger partial charge is 0.338 e. The van der Waals surface area contributed by atoms with Crippen LogP contribution >= 0.6 is 12.4 Å². The number of piperidine rings is 1. The van der Waals surface area contributed by atoms with Crippen LogP contribution in [0.5, 0.6) is 0 Å². The second-order valence-corrected chi connectivity index (χ2v) is 7.77. The van der Waals surface area contributed by atoms with Crippen molar-refractivity contribution in [2.24, 2.45) is 23.5 Å². The van der Waals surface area contributed by atoms with E-state index in [1.165, 1.54) is 38.5 Å². The number of hydrogen-bond acceptors (Lipinski definition) is 2. The van der Waals surface area contributed by atoms with Gasteiger partial charge in [0.05, 0.1) is 0 Å². The molecule has 0 bridgehead atoms. The summed E-state index contributed by atoms with van der Waals surface area (Å²) in [6, 6.07) is 0.399. The van der Waals surface area contributed by atoms with Gasteiger partial charge in [0.2, 0.25) is 5.91 Å². The first-order valence-corrected chi connectivity index (χ1v) is 9.23. The number of nitrogens with zero attached hydrogens (tertiary/aromatic N) is 1. The molecule has 3 rings (SSSR count). The molecule has 3 aliphatic rings. The average Bonchev–Trinajstić information content (AvgIpc) is 2.53. The van der Waals surface area contributed by atoms with Gasteiger partial charge in [0.15, 0.2) is 0 Å². The molecule has 2 N–H and O–H groups in total. The van der Waals surface area contributed by atoms with Crippen LogP contribution in [0.15, 0.2) is 0 Å². The number of rotatable bonds is 2. The van der Waals surface area contributed by atoms with Crippen molar-refractivity contribution in [2.45, 2.75) is 83.2 Å². The van der Waals surface area contributed by atoms with Crippen molar-refractivity contribution < 1.29 is 4.79 Å². The fraction of sp³-hybridized carbons (Fsp3) is 0.944. The fourth-order valence-electron chi connectivity index (χ4n) is 5.11. The van der Waals surface area contributed by atoms with Crippen LogP contribution in [0.1, 0.15) is 71.1 Å². The highest BCUT2D eigenvalue weighted by Gasteiger charge is 2.39. The van der Waals surface area contributed by atoms with Crippen molar-refractivity contribution in [3.63, 3.8) is 0 Å². The van der Waals surface area contributed by atoms with Crippen molar-refractivity contribution >= 4 is 18.3 Å². The van der Waals surface area contributed by atoms with Gasteiger partial charge >= 0.3 is 0 Å². The number of nitrogens with two attached hydrogens (primary N) is 1. The molecule has 22 heavy (non-hydrogen) atoms. The van der Waals surface area contributed by atoms with Gasteiger partial charge in [0, 0.05) is 24.5 Å². The molecule has 0 aromatic rings. The zero-order chi connectivity index (χ0) is 14.8. The van der Waals surface area contributed by atoms with Crippen LogP contribution in [-0.4, -0.2) is 29.4 Å². The van der Waals surface area contributed by atoms with E-state index in [-0.39, 0.29) is 24.5 Å². The highest BCUT2D eigenvalue weighted by atomic mass is 35.5. The maximum Gasteiger partial charge on any atom is 0.225 e. The molecule has 0 spiro atoms. The number of hydrogen-bond donors (Lipinski definition) is 1. The van der Waals surface area contributed by atoms with Crippen LogP contribution in [0.4, 0.5) is 0 Å². The van der Waals surface area contributed by atoms with E-state index in [1.54, 1.807) is 0 Å². The Morgan fingerprint density at radius 3 is 2.41 bits per heavy atom. The molecule has 1 heterocycles. The predicted molar refractivity (Wildman–Crippen MR) is 93.0 cm³/mol. The number of likely N-dealkylation sites (tertiary alicyclic amines) is 1. The summed E-state index contributed by atoms with van der Waals surface area (Å²) in [4.78, 5) is 15.2. The maximum atomic E-state index is 13.0. The fourth-order valence-corrected chi connectivity index (χ4v) is 5.11. The van der Waals surface area contributed by atoms with Gasteiger partial charge in [-0.05, 0) is 57.3 Å². The first-order valence-electron chi connectivity index (χ1n) is 9.23. The molecule has 0 aromatic heterocycles.